The number of aliphatic hydroxyl groups excluding tert-OH is 1. The molecule has 102 valence electrons. The zero-order chi connectivity index (χ0) is 13.8. The number of benzene rings is 1. The molecule has 4 nitrogen and oxygen atoms in total. The van der Waals surface area contributed by atoms with E-state index in [1.807, 2.05) is 0 Å². The summed E-state index contributed by atoms with van der Waals surface area (Å²) in [6, 6.07) is 7.11. The van der Waals surface area contributed by atoms with Crippen molar-refractivity contribution >= 4 is 23.1 Å². The van der Waals surface area contributed by atoms with Gasteiger partial charge in [0.2, 0.25) is 0 Å². The molecule has 0 aromatic heterocycles. The van der Waals surface area contributed by atoms with Gasteiger partial charge < -0.3 is 16.2 Å². The zero-order valence-electron chi connectivity index (χ0n) is 10.6. The van der Waals surface area contributed by atoms with E-state index < -0.39 is 0 Å². The van der Waals surface area contributed by atoms with Crippen molar-refractivity contribution in [2.45, 2.75) is 37.8 Å². The summed E-state index contributed by atoms with van der Waals surface area (Å²) in [4.78, 5) is 12.4. The maximum absolute atomic E-state index is 12.0. The van der Waals surface area contributed by atoms with Crippen molar-refractivity contribution in [3.05, 3.63) is 35.4 Å². The van der Waals surface area contributed by atoms with Gasteiger partial charge in [-0.2, -0.15) is 0 Å². The van der Waals surface area contributed by atoms with Crippen LogP contribution in [-0.2, 0) is 0 Å². The van der Waals surface area contributed by atoms with Crippen LogP contribution < -0.4 is 11.1 Å². The molecule has 4 N–H and O–H groups in total. The highest BCUT2D eigenvalue weighted by atomic mass is 32.1. The van der Waals surface area contributed by atoms with E-state index in [1.165, 1.54) is 0 Å². The van der Waals surface area contributed by atoms with Gasteiger partial charge in [-0.3, -0.25) is 4.79 Å². The van der Waals surface area contributed by atoms with Gasteiger partial charge in [-0.1, -0.05) is 24.4 Å². The number of thiocarbonyl (C=S) groups is 1. The fourth-order valence-electron chi connectivity index (χ4n) is 2.27. The first-order valence-electron chi connectivity index (χ1n) is 6.45. The molecule has 1 aromatic rings. The SMILES string of the molecule is NC(=S)c1ccc(C(=O)NC2CCC(O)CC2)cc1. The number of carbonyl (C=O) groups is 1. The number of rotatable bonds is 3. The molecular weight excluding hydrogens is 260 g/mol. The lowest BCUT2D eigenvalue weighted by Gasteiger charge is -2.26. The Morgan fingerprint density at radius 2 is 1.68 bits per heavy atom. The van der Waals surface area contributed by atoms with Crippen LogP contribution in [0.2, 0.25) is 0 Å². The van der Waals surface area contributed by atoms with Crippen molar-refractivity contribution in [3.63, 3.8) is 0 Å². The molecule has 5 heteroatoms. The predicted octanol–water partition coefficient (Wildman–Crippen LogP) is 1.35. The molecule has 1 aliphatic carbocycles. The average molecular weight is 278 g/mol. The van der Waals surface area contributed by atoms with Gasteiger partial charge in [-0.05, 0) is 37.8 Å². The van der Waals surface area contributed by atoms with Crippen LogP contribution in [0.4, 0.5) is 0 Å². The Hall–Kier alpha value is -1.46. The van der Waals surface area contributed by atoms with Crippen LogP contribution in [0.5, 0.6) is 0 Å². The van der Waals surface area contributed by atoms with Crippen molar-refractivity contribution in [1.29, 1.82) is 0 Å². The first kappa shape index (κ1) is 14.0. The molecule has 1 amide bonds. The lowest BCUT2D eigenvalue weighted by Crippen LogP contribution is -2.38. The van der Waals surface area contributed by atoms with Crippen LogP contribution in [0.1, 0.15) is 41.6 Å². The topological polar surface area (TPSA) is 75.4 Å². The van der Waals surface area contributed by atoms with E-state index in [0.29, 0.717) is 10.6 Å². The minimum absolute atomic E-state index is 0.0871. The molecule has 19 heavy (non-hydrogen) atoms. The fraction of sp³-hybridized carbons (Fsp3) is 0.429. The van der Waals surface area contributed by atoms with Crippen molar-refractivity contribution in [1.82, 2.24) is 5.32 Å². The highest BCUT2D eigenvalue weighted by Crippen LogP contribution is 2.18. The highest BCUT2D eigenvalue weighted by Gasteiger charge is 2.21. The molecule has 0 radical (unpaired) electrons. The molecule has 1 aromatic carbocycles. The second kappa shape index (κ2) is 6.12. The van der Waals surface area contributed by atoms with Crippen LogP contribution in [-0.4, -0.2) is 28.1 Å². The molecule has 0 atom stereocenters. The molecule has 0 unspecified atom stereocenters. The number of nitrogens with two attached hydrogens (primary N) is 1. The normalized spacial score (nSPS) is 22.8. The lowest BCUT2D eigenvalue weighted by molar-refractivity contribution is 0.0867. The van der Waals surface area contributed by atoms with E-state index in [4.69, 9.17) is 18.0 Å². The van der Waals surface area contributed by atoms with Crippen molar-refractivity contribution < 1.29 is 9.90 Å². The molecule has 1 fully saturated rings. The number of amides is 1. The van der Waals surface area contributed by atoms with Crippen LogP contribution in [0.3, 0.4) is 0 Å². The summed E-state index contributed by atoms with van der Waals surface area (Å²) >= 11 is 4.87. The Kier molecular flexibility index (Phi) is 4.50. The number of hydrogen-bond donors (Lipinski definition) is 3. The summed E-state index contributed by atoms with van der Waals surface area (Å²) < 4.78 is 0. The van der Waals surface area contributed by atoms with E-state index in [2.05, 4.69) is 5.32 Å². The standard InChI is InChI=1S/C14H18N2O2S/c15-13(19)9-1-3-10(4-2-9)14(18)16-11-5-7-12(17)8-6-11/h1-4,11-12,17H,5-8H2,(H2,15,19)(H,16,18). The van der Waals surface area contributed by atoms with Crippen LogP contribution in [0.15, 0.2) is 24.3 Å². The third-order valence-electron chi connectivity index (χ3n) is 3.46. The van der Waals surface area contributed by atoms with Crippen molar-refractivity contribution in [2.24, 2.45) is 5.73 Å². The Balaban J connectivity index is 1.94. The first-order valence-corrected chi connectivity index (χ1v) is 6.86. The molecule has 0 heterocycles. The first-order chi connectivity index (χ1) is 9.06. The van der Waals surface area contributed by atoms with E-state index in [9.17, 15) is 9.90 Å². The Morgan fingerprint density at radius 1 is 1.16 bits per heavy atom. The highest BCUT2D eigenvalue weighted by molar-refractivity contribution is 7.80. The second-order valence-electron chi connectivity index (χ2n) is 4.92. The van der Waals surface area contributed by atoms with Gasteiger partial charge in [0.15, 0.2) is 0 Å². The molecule has 0 saturated heterocycles. The summed E-state index contributed by atoms with van der Waals surface area (Å²) in [7, 11) is 0. The second-order valence-corrected chi connectivity index (χ2v) is 5.36. The third-order valence-corrected chi connectivity index (χ3v) is 3.70. The van der Waals surface area contributed by atoms with Crippen LogP contribution >= 0.6 is 12.2 Å². The van der Waals surface area contributed by atoms with Gasteiger partial charge in [-0.15, -0.1) is 0 Å². The quantitative estimate of drug-likeness (QED) is 0.730. The molecule has 1 aliphatic rings. The molecule has 1 saturated carbocycles. The summed E-state index contributed by atoms with van der Waals surface area (Å²) in [5.41, 5.74) is 6.87. The van der Waals surface area contributed by atoms with Gasteiger partial charge in [0, 0.05) is 17.2 Å². The van der Waals surface area contributed by atoms with Crippen molar-refractivity contribution in [3.8, 4) is 0 Å². The molecular formula is C14H18N2O2S. The number of aliphatic hydroxyl groups is 1. The maximum atomic E-state index is 12.0. The largest absolute Gasteiger partial charge is 0.393 e. The summed E-state index contributed by atoms with van der Waals surface area (Å²) in [5, 5.41) is 12.4. The van der Waals surface area contributed by atoms with E-state index in [-0.39, 0.29) is 18.1 Å². The number of nitrogens with one attached hydrogen (secondary N) is 1. The monoisotopic (exact) mass is 278 g/mol. The summed E-state index contributed by atoms with van der Waals surface area (Å²) in [5.74, 6) is -0.0871. The Bertz CT molecular complexity index is 465. The number of hydrogen-bond acceptors (Lipinski definition) is 3. The van der Waals surface area contributed by atoms with Crippen LogP contribution in [0, 0.1) is 0 Å². The Morgan fingerprint density at radius 3 is 2.21 bits per heavy atom. The number of carbonyl (C=O) groups excluding carboxylic acids is 1. The third kappa shape index (κ3) is 3.75. The van der Waals surface area contributed by atoms with E-state index in [1.54, 1.807) is 24.3 Å². The minimum atomic E-state index is -0.210. The minimum Gasteiger partial charge on any atom is -0.393 e. The van der Waals surface area contributed by atoms with Gasteiger partial charge in [-0.25, -0.2) is 0 Å². The molecule has 0 spiro atoms. The lowest BCUT2D eigenvalue weighted by atomic mass is 9.93. The summed E-state index contributed by atoms with van der Waals surface area (Å²) in [6.45, 7) is 0. The summed E-state index contributed by atoms with van der Waals surface area (Å²) in [6.07, 6.45) is 2.96. The van der Waals surface area contributed by atoms with Crippen molar-refractivity contribution in [2.75, 3.05) is 0 Å². The van der Waals surface area contributed by atoms with Crippen LogP contribution in [0.25, 0.3) is 0 Å². The van der Waals surface area contributed by atoms with Gasteiger partial charge in [0.05, 0.1) is 6.10 Å². The molecule has 0 bridgehead atoms. The zero-order valence-corrected chi connectivity index (χ0v) is 11.5. The van der Waals surface area contributed by atoms with E-state index in [0.717, 1.165) is 31.2 Å². The smallest absolute Gasteiger partial charge is 0.251 e. The van der Waals surface area contributed by atoms with Gasteiger partial charge in [0.1, 0.15) is 4.99 Å². The fourth-order valence-corrected chi connectivity index (χ4v) is 2.41. The Labute approximate surface area is 118 Å². The van der Waals surface area contributed by atoms with Gasteiger partial charge in [0.25, 0.3) is 5.91 Å². The van der Waals surface area contributed by atoms with E-state index >= 15 is 0 Å². The predicted molar refractivity (Wildman–Crippen MR) is 78.1 cm³/mol. The maximum Gasteiger partial charge on any atom is 0.251 e. The molecule has 0 aliphatic heterocycles. The molecule has 2 rings (SSSR count). The van der Waals surface area contributed by atoms with Gasteiger partial charge >= 0.3 is 0 Å². The average Bonchev–Trinajstić information content (AvgIpc) is 2.41.